The van der Waals surface area contributed by atoms with Crippen LogP contribution in [0.1, 0.15) is 18.9 Å². The molecule has 1 aliphatic heterocycles. The molecule has 7 heteroatoms. The van der Waals surface area contributed by atoms with Crippen LogP contribution < -0.4 is 10.2 Å². The standard InChI is InChI=1S/C19H20ClFN2O2.C2H4O/c1-22-11-16-12-23(19(24)25-16)15-7-8-17(18(21)9-15)14-4-2-3-13(10-20)5-6-14;1-2-3/h3-9,16,22H,2,10-12H2,1H3;2H,1H3. The van der Waals surface area contributed by atoms with E-state index in [2.05, 4.69) is 5.32 Å². The Morgan fingerprint density at radius 3 is 2.75 bits per heavy atom. The van der Waals surface area contributed by atoms with Crippen LogP contribution in [0, 0.1) is 5.82 Å². The normalized spacial score (nSPS) is 18.5. The molecule has 5 nitrogen and oxygen atoms in total. The summed E-state index contributed by atoms with van der Waals surface area (Å²) >= 11 is 5.85. The summed E-state index contributed by atoms with van der Waals surface area (Å²) in [7, 11) is 1.80. The van der Waals surface area contributed by atoms with E-state index in [4.69, 9.17) is 21.1 Å². The van der Waals surface area contributed by atoms with Crippen LogP contribution >= 0.6 is 11.6 Å². The molecular weight excluding hydrogens is 383 g/mol. The number of alkyl halides is 1. The Morgan fingerprint density at radius 1 is 1.36 bits per heavy atom. The molecule has 1 N–H and O–H groups in total. The Labute approximate surface area is 169 Å². The maximum atomic E-state index is 14.7. The van der Waals surface area contributed by atoms with Gasteiger partial charge in [0, 0.05) is 18.0 Å². The van der Waals surface area contributed by atoms with Crippen molar-refractivity contribution < 1.29 is 18.7 Å². The number of anilines is 1. The third kappa shape index (κ3) is 5.53. The molecule has 1 heterocycles. The van der Waals surface area contributed by atoms with E-state index in [0.29, 0.717) is 36.6 Å². The molecule has 1 aliphatic carbocycles. The van der Waals surface area contributed by atoms with E-state index in [1.165, 1.54) is 17.9 Å². The Bertz CT molecular complexity index is 805. The van der Waals surface area contributed by atoms with Gasteiger partial charge in [0.05, 0.1) is 12.2 Å². The summed E-state index contributed by atoms with van der Waals surface area (Å²) < 4.78 is 19.9. The van der Waals surface area contributed by atoms with Crippen LogP contribution in [0.25, 0.3) is 5.57 Å². The molecule has 0 spiro atoms. The minimum absolute atomic E-state index is 0.229. The Hall–Kier alpha value is -2.44. The zero-order chi connectivity index (χ0) is 20.5. The summed E-state index contributed by atoms with van der Waals surface area (Å²) in [5.74, 6) is 0.0664. The van der Waals surface area contributed by atoms with Crippen LogP contribution in [-0.2, 0) is 9.53 Å². The monoisotopic (exact) mass is 406 g/mol. The van der Waals surface area contributed by atoms with Crippen LogP contribution in [0.15, 0.2) is 48.1 Å². The van der Waals surface area contributed by atoms with Crippen molar-refractivity contribution in [1.82, 2.24) is 5.32 Å². The van der Waals surface area contributed by atoms with E-state index in [1.54, 1.807) is 19.2 Å². The number of rotatable bonds is 5. The van der Waals surface area contributed by atoms with E-state index >= 15 is 0 Å². The minimum Gasteiger partial charge on any atom is -0.443 e. The smallest absolute Gasteiger partial charge is 0.414 e. The summed E-state index contributed by atoms with van der Waals surface area (Å²) in [4.78, 5) is 22.2. The minimum atomic E-state index is -0.447. The molecule has 1 fully saturated rings. The number of hydrogen-bond acceptors (Lipinski definition) is 4. The molecule has 1 atom stereocenters. The van der Waals surface area contributed by atoms with Crippen LogP contribution in [0.2, 0.25) is 0 Å². The van der Waals surface area contributed by atoms with Gasteiger partial charge in [-0.1, -0.05) is 24.3 Å². The molecule has 1 amide bonds. The largest absolute Gasteiger partial charge is 0.443 e. The molecule has 3 rings (SSSR count). The van der Waals surface area contributed by atoms with Gasteiger partial charge in [-0.2, -0.15) is 0 Å². The first-order chi connectivity index (χ1) is 13.5. The van der Waals surface area contributed by atoms with Gasteiger partial charge in [0.2, 0.25) is 0 Å². The topological polar surface area (TPSA) is 58.6 Å². The fourth-order valence-corrected chi connectivity index (χ4v) is 3.14. The Morgan fingerprint density at radius 2 is 2.11 bits per heavy atom. The van der Waals surface area contributed by atoms with E-state index in [1.807, 2.05) is 24.3 Å². The van der Waals surface area contributed by atoms with Gasteiger partial charge in [-0.3, -0.25) is 4.90 Å². The van der Waals surface area contributed by atoms with Crippen molar-refractivity contribution in [2.75, 3.05) is 30.9 Å². The number of amides is 1. The maximum Gasteiger partial charge on any atom is 0.414 e. The van der Waals surface area contributed by atoms with Crippen molar-refractivity contribution in [3.63, 3.8) is 0 Å². The SMILES string of the molecule is CC=O.CNCC1CN(c2ccc(C3=CCC=C(CCl)C=C3)c(F)c2)C(=O)O1. The van der Waals surface area contributed by atoms with Crippen molar-refractivity contribution in [2.45, 2.75) is 19.4 Å². The van der Waals surface area contributed by atoms with Gasteiger partial charge in [-0.25, -0.2) is 9.18 Å². The van der Waals surface area contributed by atoms with E-state index in [-0.39, 0.29) is 11.9 Å². The first-order valence-corrected chi connectivity index (χ1v) is 9.53. The highest BCUT2D eigenvalue weighted by molar-refractivity contribution is 6.19. The molecule has 1 aromatic rings. The third-order valence-electron chi connectivity index (χ3n) is 4.23. The van der Waals surface area contributed by atoms with E-state index < -0.39 is 6.09 Å². The lowest BCUT2D eigenvalue weighted by Crippen LogP contribution is -2.29. The predicted molar refractivity (Wildman–Crippen MR) is 110 cm³/mol. The number of carbonyl (C=O) groups excluding carboxylic acids is 2. The quantitative estimate of drug-likeness (QED) is 0.591. The average Bonchev–Trinajstić information content (AvgIpc) is 2.89. The highest BCUT2D eigenvalue weighted by Crippen LogP contribution is 2.29. The summed E-state index contributed by atoms with van der Waals surface area (Å²) in [6, 6.07) is 4.83. The lowest BCUT2D eigenvalue weighted by Gasteiger charge is -2.14. The predicted octanol–water partition coefficient (Wildman–Crippen LogP) is 4.08. The molecular formula is C21H24ClFN2O3. The number of aldehydes is 1. The van der Waals surface area contributed by atoms with Gasteiger partial charge >= 0.3 is 6.09 Å². The molecule has 0 saturated carbocycles. The molecule has 1 saturated heterocycles. The van der Waals surface area contributed by atoms with Gasteiger partial charge in [0.25, 0.3) is 0 Å². The summed E-state index contributed by atoms with van der Waals surface area (Å²) in [6.45, 7) is 2.42. The van der Waals surface area contributed by atoms with E-state index in [9.17, 15) is 9.18 Å². The first-order valence-electron chi connectivity index (χ1n) is 8.99. The molecule has 0 aromatic heterocycles. The van der Waals surface area contributed by atoms with Gasteiger partial charge in [-0.15, -0.1) is 11.6 Å². The number of benzene rings is 1. The summed E-state index contributed by atoms with van der Waals surface area (Å²) in [5, 5.41) is 2.97. The van der Waals surface area contributed by atoms with Crippen molar-refractivity contribution >= 4 is 35.2 Å². The van der Waals surface area contributed by atoms with Crippen LogP contribution in [0.4, 0.5) is 14.9 Å². The average molecular weight is 407 g/mol. The zero-order valence-electron chi connectivity index (χ0n) is 16.0. The molecule has 1 aromatic carbocycles. The van der Waals surface area contributed by atoms with Crippen molar-refractivity contribution in [1.29, 1.82) is 0 Å². The number of nitrogens with zero attached hydrogens (tertiary/aromatic N) is 1. The number of allylic oxidation sites excluding steroid dienone is 6. The van der Waals surface area contributed by atoms with Gasteiger partial charge < -0.3 is 14.8 Å². The van der Waals surface area contributed by atoms with Gasteiger partial charge in [-0.05, 0) is 49.7 Å². The number of likely N-dealkylation sites (N-methyl/N-ethyl adjacent to an activating group) is 1. The summed E-state index contributed by atoms with van der Waals surface area (Å²) in [5.41, 5.74) is 2.82. The number of nitrogens with one attached hydrogen (secondary N) is 1. The number of ether oxygens (including phenoxy) is 1. The Balaban J connectivity index is 0.000000878. The van der Waals surface area contributed by atoms with Crippen molar-refractivity contribution in [2.24, 2.45) is 0 Å². The Kier molecular flexibility index (Phi) is 8.42. The molecule has 1 unspecified atom stereocenters. The lowest BCUT2D eigenvalue weighted by molar-refractivity contribution is -0.106. The molecule has 0 bridgehead atoms. The first kappa shape index (κ1) is 21.9. The number of hydrogen-bond donors (Lipinski definition) is 1. The fraction of sp³-hybridized carbons (Fsp3) is 0.333. The van der Waals surface area contributed by atoms with E-state index in [0.717, 1.165) is 17.4 Å². The second-order valence-electron chi connectivity index (χ2n) is 6.22. The molecule has 2 aliphatic rings. The molecule has 28 heavy (non-hydrogen) atoms. The van der Waals surface area contributed by atoms with Gasteiger partial charge in [0.15, 0.2) is 0 Å². The highest BCUT2D eigenvalue weighted by Gasteiger charge is 2.32. The number of halogens is 2. The van der Waals surface area contributed by atoms with Crippen LogP contribution in [-0.4, -0.2) is 44.5 Å². The van der Waals surface area contributed by atoms with Crippen molar-refractivity contribution in [3.8, 4) is 0 Å². The van der Waals surface area contributed by atoms with Crippen molar-refractivity contribution in [3.05, 3.63) is 59.5 Å². The lowest BCUT2D eigenvalue weighted by atomic mass is 10.0. The summed E-state index contributed by atoms with van der Waals surface area (Å²) in [6.07, 6.45) is 8.53. The molecule has 0 radical (unpaired) electrons. The van der Waals surface area contributed by atoms with Gasteiger partial charge in [0.1, 0.15) is 18.2 Å². The van der Waals surface area contributed by atoms with Crippen LogP contribution in [0.3, 0.4) is 0 Å². The molecule has 150 valence electrons. The second kappa shape index (κ2) is 10.8. The number of cyclic esters (lactones) is 1. The second-order valence-corrected chi connectivity index (χ2v) is 6.48. The number of carbonyl (C=O) groups is 2. The fourth-order valence-electron chi connectivity index (χ4n) is 2.94. The zero-order valence-corrected chi connectivity index (χ0v) is 16.7. The third-order valence-corrected chi connectivity index (χ3v) is 4.54. The van der Waals surface area contributed by atoms with Crippen LogP contribution in [0.5, 0.6) is 0 Å². The maximum absolute atomic E-state index is 14.7. The highest BCUT2D eigenvalue weighted by atomic mass is 35.5.